The molecule has 2 aromatic carbocycles. The molecule has 7 heteroatoms. The topological polar surface area (TPSA) is 38.3 Å². The summed E-state index contributed by atoms with van der Waals surface area (Å²) < 4.78 is 42.9. The number of amides is 1. The van der Waals surface area contributed by atoms with Gasteiger partial charge in [-0.3, -0.25) is 5.32 Å². The summed E-state index contributed by atoms with van der Waals surface area (Å²) in [6, 6.07) is 11.8. The fourth-order valence-electron chi connectivity index (χ4n) is 1.68. The summed E-state index contributed by atoms with van der Waals surface area (Å²) in [4.78, 5) is 11.9. The zero-order valence-corrected chi connectivity index (χ0v) is 12.1. The highest BCUT2D eigenvalue weighted by atomic mass is 32.1. The monoisotopic (exact) mass is 327 g/mol. The summed E-state index contributed by atoms with van der Waals surface area (Å²) in [6.07, 6.45) is -5.34. The fraction of sp³-hybridized carbons (Fsp3) is 0.133. The first-order chi connectivity index (χ1) is 10.4. The first-order valence-corrected chi connectivity index (χ1v) is 6.69. The highest BCUT2D eigenvalue weighted by Gasteiger charge is 2.31. The number of benzene rings is 2. The molecule has 0 aliphatic carbocycles. The summed E-state index contributed by atoms with van der Waals surface area (Å²) >= 11 is 4.02. The van der Waals surface area contributed by atoms with Gasteiger partial charge in [-0.1, -0.05) is 30.3 Å². The van der Waals surface area contributed by atoms with E-state index < -0.39 is 17.8 Å². The lowest BCUT2D eigenvalue weighted by Crippen LogP contribution is -2.15. The number of carbonyl (C=O) groups is 1. The molecule has 0 aromatic heterocycles. The number of alkyl halides is 3. The molecule has 1 N–H and O–H groups in total. The van der Waals surface area contributed by atoms with Gasteiger partial charge in [0.05, 0.1) is 11.3 Å². The Kier molecular flexibility index (Phi) is 4.97. The molecular weight excluding hydrogens is 315 g/mol. The lowest BCUT2D eigenvalue weighted by molar-refractivity contribution is -0.137. The van der Waals surface area contributed by atoms with Crippen LogP contribution in [-0.4, -0.2) is 6.09 Å². The van der Waals surface area contributed by atoms with Crippen LogP contribution in [0.5, 0.6) is 0 Å². The molecule has 116 valence electrons. The first kappa shape index (κ1) is 16.2. The SMILES string of the molecule is O=C(Nc1cc(C(F)(F)F)ccc1S)OCc1ccccc1. The third-order valence-corrected chi connectivity index (χ3v) is 3.16. The van der Waals surface area contributed by atoms with Gasteiger partial charge in [-0.05, 0) is 23.8 Å². The van der Waals surface area contributed by atoms with Gasteiger partial charge in [0.1, 0.15) is 6.61 Å². The molecule has 2 rings (SSSR count). The Labute approximate surface area is 130 Å². The van der Waals surface area contributed by atoms with Gasteiger partial charge in [-0.25, -0.2) is 4.79 Å². The van der Waals surface area contributed by atoms with Crippen LogP contribution in [0.3, 0.4) is 0 Å². The molecule has 0 bridgehead atoms. The Morgan fingerprint density at radius 2 is 1.82 bits per heavy atom. The number of nitrogens with one attached hydrogen (secondary N) is 1. The normalized spacial score (nSPS) is 11.1. The number of hydrogen-bond donors (Lipinski definition) is 2. The van der Waals surface area contributed by atoms with E-state index in [4.69, 9.17) is 4.74 Å². The van der Waals surface area contributed by atoms with Crippen molar-refractivity contribution >= 4 is 24.4 Å². The van der Waals surface area contributed by atoms with Crippen molar-refractivity contribution < 1.29 is 22.7 Å². The molecule has 22 heavy (non-hydrogen) atoms. The van der Waals surface area contributed by atoms with Gasteiger partial charge in [0, 0.05) is 4.90 Å². The van der Waals surface area contributed by atoms with Gasteiger partial charge in [-0.2, -0.15) is 13.2 Å². The van der Waals surface area contributed by atoms with Crippen LogP contribution in [0.25, 0.3) is 0 Å². The second-order valence-corrected chi connectivity index (χ2v) is 4.90. The number of anilines is 1. The summed E-state index contributed by atoms with van der Waals surface area (Å²) in [5.41, 5.74) is -0.160. The predicted octanol–water partition coefficient (Wildman–Crippen LogP) is 4.74. The lowest BCUT2D eigenvalue weighted by atomic mass is 10.2. The van der Waals surface area contributed by atoms with Gasteiger partial charge in [0.2, 0.25) is 0 Å². The minimum Gasteiger partial charge on any atom is -0.444 e. The molecule has 0 aliphatic rings. The Hall–Kier alpha value is -2.15. The van der Waals surface area contributed by atoms with Crippen LogP contribution < -0.4 is 5.32 Å². The fourth-order valence-corrected chi connectivity index (χ4v) is 1.88. The van der Waals surface area contributed by atoms with Crippen LogP contribution in [0, 0.1) is 0 Å². The van der Waals surface area contributed by atoms with Crippen molar-refractivity contribution in [2.75, 3.05) is 5.32 Å². The van der Waals surface area contributed by atoms with Crippen molar-refractivity contribution in [3.63, 3.8) is 0 Å². The smallest absolute Gasteiger partial charge is 0.416 e. The highest BCUT2D eigenvalue weighted by molar-refractivity contribution is 7.80. The maximum absolute atomic E-state index is 12.6. The van der Waals surface area contributed by atoms with Gasteiger partial charge >= 0.3 is 12.3 Å². The highest BCUT2D eigenvalue weighted by Crippen LogP contribution is 2.33. The molecule has 0 aliphatic heterocycles. The van der Waals surface area contributed by atoms with Crippen LogP contribution in [0.2, 0.25) is 0 Å². The molecular formula is C15H12F3NO2S. The third-order valence-electron chi connectivity index (χ3n) is 2.77. The summed E-state index contributed by atoms with van der Waals surface area (Å²) in [5, 5.41) is 2.26. The van der Waals surface area contributed by atoms with Crippen molar-refractivity contribution in [3.05, 3.63) is 59.7 Å². The van der Waals surface area contributed by atoms with E-state index >= 15 is 0 Å². The van der Waals surface area contributed by atoms with E-state index in [2.05, 4.69) is 17.9 Å². The van der Waals surface area contributed by atoms with Crippen molar-refractivity contribution in [2.24, 2.45) is 0 Å². The molecule has 0 fully saturated rings. The van der Waals surface area contributed by atoms with Crippen molar-refractivity contribution in [1.82, 2.24) is 0 Å². The zero-order chi connectivity index (χ0) is 16.2. The number of thiol groups is 1. The summed E-state index contributed by atoms with van der Waals surface area (Å²) in [5.74, 6) is 0. The number of ether oxygens (including phenoxy) is 1. The van der Waals surface area contributed by atoms with E-state index in [-0.39, 0.29) is 17.2 Å². The molecule has 1 amide bonds. The standard InChI is InChI=1S/C15H12F3NO2S/c16-15(17,18)11-6-7-13(22)12(8-11)19-14(20)21-9-10-4-2-1-3-5-10/h1-8,22H,9H2,(H,19,20). The zero-order valence-electron chi connectivity index (χ0n) is 11.2. The van der Waals surface area contributed by atoms with Gasteiger partial charge < -0.3 is 4.74 Å². The molecule has 0 saturated carbocycles. The van der Waals surface area contributed by atoms with Crippen LogP contribution >= 0.6 is 12.6 Å². The van der Waals surface area contributed by atoms with Crippen molar-refractivity contribution in [3.8, 4) is 0 Å². The van der Waals surface area contributed by atoms with Gasteiger partial charge in [-0.15, -0.1) is 12.6 Å². The maximum atomic E-state index is 12.6. The first-order valence-electron chi connectivity index (χ1n) is 6.24. The molecule has 0 unspecified atom stereocenters. The Bertz CT molecular complexity index is 660. The van der Waals surface area contributed by atoms with Crippen LogP contribution in [-0.2, 0) is 17.5 Å². The minimum absolute atomic E-state index is 0.0214. The Balaban J connectivity index is 2.02. The van der Waals surface area contributed by atoms with E-state index in [0.29, 0.717) is 0 Å². The van der Waals surface area contributed by atoms with Crippen LogP contribution in [0.1, 0.15) is 11.1 Å². The van der Waals surface area contributed by atoms with Gasteiger partial charge in [0.25, 0.3) is 0 Å². The van der Waals surface area contributed by atoms with E-state index in [0.717, 1.165) is 17.7 Å². The Morgan fingerprint density at radius 1 is 1.14 bits per heavy atom. The summed E-state index contributed by atoms with van der Waals surface area (Å²) in [6.45, 7) is 0.0214. The summed E-state index contributed by atoms with van der Waals surface area (Å²) in [7, 11) is 0. The van der Waals surface area contributed by atoms with Crippen LogP contribution in [0.15, 0.2) is 53.4 Å². The van der Waals surface area contributed by atoms with E-state index in [1.165, 1.54) is 6.07 Å². The Morgan fingerprint density at radius 3 is 2.45 bits per heavy atom. The third kappa shape index (κ3) is 4.42. The maximum Gasteiger partial charge on any atom is 0.416 e. The number of rotatable bonds is 3. The van der Waals surface area contributed by atoms with Gasteiger partial charge in [0.15, 0.2) is 0 Å². The predicted molar refractivity (Wildman–Crippen MR) is 78.9 cm³/mol. The van der Waals surface area contributed by atoms with Crippen molar-refractivity contribution in [1.29, 1.82) is 0 Å². The average Bonchev–Trinajstić information content (AvgIpc) is 2.47. The number of carbonyl (C=O) groups excluding carboxylic acids is 1. The molecule has 0 atom stereocenters. The molecule has 0 spiro atoms. The second-order valence-electron chi connectivity index (χ2n) is 4.42. The minimum atomic E-state index is -4.49. The average molecular weight is 327 g/mol. The van der Waals surface area contributed by atoms with E-state index in [1.54, 1.807) is 24.3 Å². The lowest BCUT2D eigenvalue weighted by Gasteiger charge is -2.12. The van der Waals surface area contributed by atoms with E-state index in [9.17, 15) is 18.0 Å². The largest absolute Gasteiger partial charge is 0.444 e. The van der Waals surface area contributed by atoms with Crippen molar-refractivity contribution in [2.45, 2.75) is 17.7 Å². The molecule has 0 radical (unpaired) electrons. The molecule has 3 nitrogen and oxygen atoms in total. The van der Waals surface area contributed by atoms with Crippen LogP contribution in [0.4, 0.5) is 23.7 Å². The number of halogens is 3. The molecule has 0 saturated heterocycles. The second kappa shape index (κ2) is 6.74. The number of hydrogen-bond acceptors (Lipinski definition) is 3. The molecule has 2 aromatic rings. The molecule has 0 heterocycles. The quantitative estimate of drug-likeness (QED) is 0.799. The van der Waals surface area contributed by atoms with E-state index in [1.807, 2.05) is 6.07 Å².